The predicted molar refractivity (Wildman–Crippen MR) is 58.7 cm³/mol. The van der Waals surface area contributed by atoms with E-state index >= 15 is 0 Å². The van der Waals surface area contributed by atoms with Crippen LogP contribution in [-0.2, 0) is 16.0 Å². The Morgan fingerprint density at radius 3 is 3.20 bits per heavy atom. The molecule has 0 saturated carbocycles. The highest BCUT2D eigenvalue weighted by Crippen LogP contribution is 2.00. The van der Waals surface area contributed by atoms with E-state index in [1.165, 1.54) is 0 Å². The van der Waals surface area contributed by atoms with Gasteiger partial charge in [0.15, 0.2) is 0 Å². The number of hydrogen-bond acceptors (Lipinski definition) is 5. The van der Waals surface area contributed by atoms with E-state index in [4.69, 9.17) is 10.5 Å². The summed E-state index contributed by atoms with van der Waals surface area (Å²) >= 11 is 1.55. The molecule has 0 aliphatic rings. The fourth-order valence-corrected chi connectivity index (χ4v) is 1.58. The Morgan fingerprint density at radius 2 is 2.53 bits per heavy atom. The monoisotopic (exact) mass is 229 g/mol. The van der Waals surface area contributed by atoms with E-state index in [9.17, 15) is 4.79 Å². The maximum absolute atomic E-state index is 11.2. The SMILES string of the molecule is NCCOCC(=O)NCCc1cscn1. The van der Waals surface area contributed by atoms with Crippen molar-refractivity contribution >= 4 is 17.2 Å². The van der Waals surface area contributed by atoms with Crippen LogP contribution in [-0.4, -0.2) is 37.2 Å². The van der Waals surface area contributed by atoms with Crippen LogP contribution in [0.4, 0.5) is 0 Å². The lowest BCUT2D eigenvalue weighted by Crippen LogP contribution is -2.30. The second-order valence-electron chi connectivity index (χ2n) is 2.92. The largest absolute Gasteiger partial charge is 0.370 e. The van der Waals surface area contributed by atoms with Gasteiger partial charge in [-0.05, 0) is 0 Å². The molecule has 0 spiro atoms. The van der Waals surface area contributed by atoms with Gasteiger partial charge in [0.25, 0.3) is 0 Å². The number of amides is 1. The molecule has 1 aromatic rings. The number of nitrogens with two attached hydrogens (primary N) is 1. The molecule has 3 N–H and O–H groups in total. The molecule has 0 aromatic carbocycles. The Labute approximate surface area is 92.6 Å². The van der Waals surface area contributed by atoms with Gasteiger partial charge in [0.2, 0.25) is 5.91 Å². The molecule has 1 aromatic heterocycles. The topological polar surface area (TPSA) is 77.2 Å². The summed E-state index contributed by atoms with van der Waals surface area (Å²) < 4.78 is 4.98. The fraction of sp³-hybridized carbons (Fsp3) is 0.556. The van der Waals surface area contributed by atoms with Crippen molar-refractivity contribution in [2.75, 3.05) is 26.3 Å². The van der Waals surface area contributed by atoms with Gasteiger partial charge >= 0.3 is 0 Å². The van der Waals surface area contributed by atoms with Gasteiger partial charge in [-0.1, -0.05) is 0 Å². The average Bonchev–Trinajstić information content (AvgIpc) is 2.71. The smallest absolute Gasteiger partial charge is 0.246 e. The van der Waals surface area contributed by atoms with Crippen LogP contribution in [0.1, 0.15) is 5.69 Å². The fourth-order valence-electron chi connectivity index (χ4n) is 0.990. The third kappa shape index (κ3) is 5.46. The van der Waals surface area contributed by atoms with Crippen molar-refractivity contribution in [1.29, 1.82) is 0 Å². The zero-order valence-electron chi connectivity index (χ0n) is 8.44. The lowest BCUT2D eigenvalue weighted by Gasteiger charge is -2.04. The van der Waals surface area contributed by atoms with E-state index in [1.54, 1.807) is 16.8 Å². The standard InChI is InChI=1S/C9H15N3O2S/c10-2-4-14-5-9(13)11-3-1-8-6-15-7-12-8/h6-7H,1-5,10H2,(H,11,13). The van der Waals surface area contributed by atoms with Crippen LogP contribution in [0, 0.1) is 0 Å². The van der Waals surface area contributed by atoms with Gasteiger partial charge in [-0.15, -0.1) is 11.3 Å². The average molecular weight is 229 g/mol. The summed E-state index contributed by atoms with van der Waals surface area (Å²) in [5.41, 5.74) is 8.00. The molecule has 0 unspecified atom stereocenters. The Morgan fingerprint density at radius 1 is 1.67 bits per heavy atom. The third-order valence-corrected chi connectivity index (χ3v) is 2.32. The Hall–Kier alpha value is -0.980. The summed E-state index contributed by atoms with van der Waals surface area (Å²) in [5.74, 6) is -0.112. The molecular weight excluding hydrogens is 214 g/mol. The number of nitrogens with one attached hydrogen (secondary N) is 1. The molecule has 0 radical (unpaired) electrons. The zero-order chi connectivity index (χ0) is 10.9. The molecule has 0 bridgehead atoms. The van der Waals surface area contributed by atoms with Crippen molar-refractivity contribution in [1.82, 2.24) is 10.3 Å². The van der Waals surface area contributed by atoms with E-state index in [2.05, 4.69) is 10.3 Å². The Bertz CT molecular complexity index is 277. The molecule has 84 valence electrons. The van der Waals surface area contributed by atoms with Crippen LogP contribution in [0.15, 0.2) is 10.9 Å². The second-order valence-corrected chi connectivity index (χ2v) is 3.64. The highest BCUT2D eigenvalue weighted by atomic mass is 32.1. The van der Waals surface area contributed by atoms with E-state index in [1.807, 2.05) is 5.38 Å². The van der Waals surface area contributed by atoms with E-state index < -0.39 is 0 Å². The van der Waals surface area contributed by atoms with Crippen molar-refractivity contribution in [3.8, 4) is 0 Å². The van der Waals surface area contributed by atoms with Crippen LogP contribution in [0.5, 0.6) is 0 Å². The molecule has 15 heavy (non-hydrogen) atoms. The third-order valence-electron chi connectivity index (χ3n) is 1.68. The molecule has 1 amide bonds. The number of aromatic nitrogens is 1. The number of hydrogen-bond donors (Lipinski definition) is 2. The van der Waals surface area contributed by atoms with Crippen molar-refractivity contribution in [3.05, 3.63) is 16.6 Å². The molecular formula is C9H15N3O2S. The minimum atomic E-state index is -0.112. The first-order valence-electron chi connectivity index (χ1n) is 4.74. The summed E-state index contributed by atoms with van der Waals surface area (Å²) in [6, 6.07) is 0. The molecule has 1 rings (SSSR count). The first-order chi connectivity index (χ1) is 7.33. The first kappa shape index (κ1) is 12.1. The minimum absolute atomic E-state index is 0.0776. The maximum atomic E-state index is 11.2. The summed E-state index contributed by atoms with van der Waals surface area (Å²) in [5, 5.41) is 4.71. The van der Waals surface area contributed by atoms with Crippen LogP contribution in [0.25, 0.3) is 0 Å². The van der Waals surface area contributed by atoms with Crippen LogP contribution < -0.4 is 11.1 Å². The minimum Gasteiger partial charge on any atom is -0.370 e. The van der Waals surface area contributed by atoms with Gasteiger partial charge in [-0.3, -0.25) is 4.79 Å². The number of carbonyl (C=O) groups excluding carboxylic acids is 1. The van der Waals surface area contributed by atoms with E-state index in [0.29, 0.717) is 19.7 Å². The van der Waals surface area contributed by atoms with Gasteiger partial charge in [-0.25, -0.2) is 4.98 Å². The van der Waals surface area contributed by atoms with Crippen molar-refractivity contribution in [3.63, 3.8) is 0 Å². The van der Waals surface area contributed by atoms with Crippen molar-refractivity contribution < 1.29 is 9.53 Å². The Balaban J connectivity index is 2.02. The van der Waals surface area contributed by atoms with Gasteiger partial charge < -0.3 is 15.8 Å². The molecule has 1 heterocycles. The highest BCUT2D eigenvalue weighted by Gasteiger charge is 2.00. The summed E-state index contributed by atoms with van der Waals surface area (Å²) in [6.45, 7) is 1.52. The molecule has 0 atom stereocenters. The molecule has 0 aliphatic heterocycles. The lowest BCUT2D eigenvalue weighted by atomic mass is 10.3. The highest BCUT2D eigenvalue weighted by molar-refractivity contribution is 7.07. The van der Waals surface area contributed by atoms with E-state index in [-0.39, 0.29) is 12.5 Å². The van der Waals surface area contributed by atoms with Crippen LogP contribution in [0.3, 0.4) is 0 Å². The van der Waals surface area contributed by atoms with Crippen molar-refractivity contribution in [2.45, 2.75) is 6.42 Å². The van der Waals surface area contributed by atoms with Gasteiger partial charge in [-0.2, -0.15) is 0 Å². The quantitative estimate of drug-likeness (QED) is 0.634. The van der Waals surface area contributed by atoms with Crippen molar-refractivity contribution in [2.24, 2.45) is 5.73 Å². The molecule has 0 saturated heterocycles. The number of thiazole rings is 1. The summed E-state index contributed by atoms with van der Waals surface area (Å²) in [4.78, 5) is 15.3. The predicted octanol–water partition coefficient (Wildman–Crippen LogP) is -0.223. The van der Waals surface area contributed by atoms with Gasteiger partial charge in [0, 0.05) is 24.9 Å². The maximum Gasteiger partial charge on any atom is 0.246 e. The lowest BCUT2D eigenvalue weighted by molar-refractivity contribution is -0.125. The van der Waals surface area contributed by atoms with Crippen LogP contribution >= 0.6 is 11.3 Å². The molecule has 0 fully saturated rings. The summed E-state index contributed by atoms with van der Waals surface area (Å²) in [7, 11) is 0. The van der Waals surface area contributed by atoms with Gasteiger partial charge in [0.1, 0.15) is 6.61 Å². The summed E-state index contributed by atoms with van der Waals surface area (Å²) in [6.07, 6.45) is 0.756. The Kier molecular flexibility index (Phi) is 5.91. The van der Waals surface area contributed by atoms with Crippen LogP contribution in [0.2, 0.25) is 0 Å². The molecule has 0 aliphatic carbocycles. The van der Waals surface area contributed by atoms with E-state index in [0.717, 1.165) is 12.1 Å². The first-order valence-corrected chi connectivity index (χ1v) is 5.69. The number of nitrogens with zero attached hydrogens (tertiary/aromatic N) is 1. The number of ether oxygens (including phenoxy) is 1. The normalized spacial score (nSPS) is 10.2. The molecule has 5 nitrogen and oxygen atoms in total. The molecule has 6 heteroatoms. The number of carbonyl (C=O) groups is 1. The van der Waals surface area contributed by atoms with Gasteiger partial charge in [0.05, 0.1) is 17.8 Å². The number of rotatable bonds is 7. The second kappa shape index (κ2) is 7.33. The zero-order valence-corrected chi connectivity index (χ0v) is 9.26.